The normalized spacial score (nSPS) is 23.8. The van der Waals surface area contributed by atoms with Gasteiger partial charge in [0.15, 0.2) is 0 Å². The first-order valence-electron chi connectivity index (χ1n) is 11.1. The second kappa shape index (κ2) is 9.19. The first kappa shape index (κ1) is 22.7. The van der Waals surface area contributed by atoms with Crippen molar-refractivity contribution in [3.63, 3.8) is 0 Å². The minimum absolute atomic E-state index is 0.0249. The summed E-state index contributed by atoms with van der Waals surface area (Å²) in [6.45, 7) is 5.99. The number of anilines is 1. The van der Waals surface area contributed by atoms with Crippen LogP contribution in [0.25, 0.3) is 0 Å². The van der Waals surface area contributed by atoms with Gasteiger partial charge < -0.3 is 9.80 Å². The third-order valence-electron chi connectivity index (χ3n) is 6.65. The molecule has 0 N–H and O–H groups in total. The molecule has 0 aliphatic carbocycles. The van der Waals surface area contributed by atoms with Crippen molar-refractivity contribution in [3.8, 4) is 0 Å². The summed E-state index contributed by atoms with van der Waals surface area (Å²) in [5.41, 5.74) is 1.91. The highest BCUT2D eigenvalue weighted by molar-refractivity contribution is 7.89. The summed E-state index contributed by atoms with van der Waals surface area (Å²) in [5.74, 6) is -0.349. The standard InChI is InChI=1S/C24H30FN3O3S/c1-18-8-11-24(20-6-4-3-5-7-20)32(30,31)28(18)17-21-9-10-22(16-23(21)25)27-14-12-26(13-15-27)19(2)29/h3-7,9-10,16,18,24H,8,11-15,17H2,1-2H3/t18-,24+/m1/s1. The van der Waals surface area contributed by atoms with Gasteiger partial charge in [0, 0.05) is 56.9 Å². The van der Waals surface area contributed by atoms with Crippen molar-refractivity contribution in [2.45, 2.75) is 44.5 Å². The zero-order valence-corrected chi connectivity index (χ0v) is 19.4. The van der Waals surface area contributed by atoms with Gasteiger partial charge in [-0.2, -0.15) is 4.31 Å². The van der Waals surface area contributed by atoms with E-state index in [1.54, 1.807) is 17.9 Å². The largest absolute Gasteiger partial charge is 0.368 e. The highest BCUT2D eigenvalue weighted by atomic mass is 32.2. The summed E-state index contributed by atoms with van der Waals surface area (Å²) in [7, 11) is -3.61. The molecule has 0 bridgehead atoms. The summed E-state index contributed by atoms with van der Waals surface area (Å²) in [6.07, 6.45) is 1.30. The summed E-state index contributed by atoms with van der Waals surface area (Å²) in [5, 5.41) is -0.597. The Bertz CT molecular complexity index is 1070. The number of amides is 1. The molecule has 2 aromatic rings. The molecule has 2 fully saturated rings. The van der Waals surface area contributed by atoms with Crippen LogP contribution in [-0.2, 0) is 21.4 Å². The van der Waals surface area contributed by atoms with Crippen molar-refractivity contribution in [1.29, 1.82) is 0 Å². The Morgan fingerprint density at radius 3 is 2.34 bits per heavy atom. The Hall–Kier alpha value is -2.45. The molecule has 2 saturated heterocycles. The van der Waals surface area contributed by atoms with Crippen LogP contribution in [0.3, 0.4) is 0 Å². The molecule has 1 amide bonds. The van der Waals surface area contributed by atoms with E-state index in [4.69, 9.17) is 0 Å². The number of carbonyl (C=O) groups excluding carboxylic acids is 1. The number of carbonyl (C=O) groups is 1. The molecule has 2 aliphatic heterocycles. The molecule has 2 aliphatic rings. The van der Waals surface area contributed by atoms with Gasteiger partial charge in [-0.25, -0.2) is 12.8 Å². The number of hydrogen-bond donors (Lipinski definition) is 0. The Kier molecular flexibility index (Phi) is 6.53. The van der Waals surface area contributed by atoms with Crippen LogP contribution < -0.4 is 4.90 Å². The molecular weight excluding hydrogens is 429 g/mol. The molecule has 0 aromatic heterocycles. The molecule has 0 radical (unpaired) electrons. The van der Waals surface area contributed by atoms with E-state index in [0.717, 1.165) is 17.7 Å². The quantitative estimate of drug-likeness (QED) is 0.702. The van der Waals surface area contributed by atoms with Crippen LogP contribution >= 0.6 is 0 Å². The van der Waals surface area contributed by atoms with Crippen LogP contribution in [0.2, 0.25) is 0 Å². The fourth-order valence-electron chi connectivity index (χ4n) is 4.66. The Balaban J connectivity index is 1.51. The van der Waals surface area contributed by atoms with Gasteiger partial charge in [-0.3, -0.25) is 4.79 Å². The SMILES string of the molecule is CC(=O)N1CCN(c2ccc(CN3[C@H](C)CC[C@@H](c4ccccc4)S3(=O)=O)c(F)c2)CC1. The van der Waals surface area contributed by atoms with E-state index in [9.17, 15) is 13.2 Å². The smallest absolute Gasteiger partial charge is 0.221 e. The van der Waals surface area contributed by atoms with Crippen molar-refractivity contribution in [2.24, 2.45) is 0 Å². The number of sulfonamides is 1. The van der Waals surface area contributed by atoms with Gasteiger partial charge in [-0.15, -0.1) is 0 Å². The van der Waals surface area contributed by atoms with Crippen molar-refractivity contribution in [1.82, 2.24) is 9.21 Å². The minimum atomic E-state index is -3.61. The summed E-state index contributed by atoms with van der Waals surface area (Å²) < 4.78 is 43.3. The number of rotatable bonds is 4. The first-order chi connectivity index (χ1) is 15.3. The minimum Gasteiger partial charge on any atom is -0.368 e. The van der Waals surface area contributed by atoms with Gasteiger partial charge in [0.25, 0.3) is 0 Å². The van der Waals surface area contributed by atoms with Crippen LogP contribution in [0.15, 0.2) is 48.5 Å². The third-order valence-corrected chi connectivity index (χ3v) is 9.02. The highest BCUT2D eigenvalue weighted by Gasteiger charge is 2.40. The lowest BCUT2D eigenvalue weighted by atomic mass is 10.0. The fraction of sp³-hybridized carbons (Fsp3) is 0.458. The molecule has 8 heteroatoms. The van der Waals surface area contributed by atoms with Gasteiger partial charge in [0.2, 0.25) is 15.9 Å². The maximum atomic E-state index is 15.1. The van der Waals surface area contributed by atoms with Crippen LogP contribution in [0.1, 0.15) is 43.1 Å². The average Bonchev–Trinajstić information content (AvgIpc) is 2.78. The monoisotopic (exact) mass is 459 g/mol. The van der Waals surface area contributed by atoms with Crippen molar-refractivity contribution in [3.05, 3.63) is 65.5 Å². The molecular formula is C24H30FN3O3S. The summed E-state index contributed by atoms with van der Waals surface area (Å²) in [6, 6.07) is 14.1. The second-order valence-electron chi connectivity index (χ2n) is 8.68. The van der Waals surface area contributed by atoms with Crippen molar-refractivity contribution in [2.75, 3.05) is 31.1 Å². The van der Waals surface area contributed by atoms with Gasteiger partial charge in [-0.05, 0) is 37.5 Å². The second-order valence-corrected chi connectivity index (χ2v) is 10.8. The fourth-order valence-corrected chi connectivity index (χ4v) is 6.85. The summed E-state index contributed by atoms with van der Waals surface area (Å²) in [4.78, 5) is 15.4. The van der Waals surface area contributed by atoms with E-state index in [0.29, 0.717) is 38.2 Å². The van der Waals surface area contributed by atoms with Crippen LogP contribution in [0.4, 0.5) is 10.1 Å². The van der Waals surface area contributed by atoms with E-state index in [1.807, 2.05) is 43.3 Å². The first-order valence-corrected chi connectivity index (χ1v) is 12.6. The lowest BCUT2D eigenvalue weighted by Crippen LogP contribution is -2.48. The number of hydrogen-bond acceptors (Lipinski definition) is 4. The Labute approximate surface area is 189 Å². The van der Waals surface area contributed by atoms with Crippen LogP contribution in [0, 0.1) is 5.82 Å². The molecule has 2 atom stereocenters. The van der Waals surface area contributed by atoms with E-state index in [2.05, 4.69) is 4.90 Å². The van der Waals surface area contributed by atoms with Gasteiger partial charge in [-0.1, -0.05) is 36.4 Å². The molecule has 6 nitrogen and oxygen atoms in total. The maximum absolute atomic E-state index is 15.1. The molecule has 2 heterocycles. The number of halogens is 1. The molecule has 0 unspecified atom stereocenters. The predicted molar refractivity (Wildman–Crippen MR) is 123 cm³/mol. The van der Waals surface area contributed by atoms with Crippen LogP contribution in [0.5, 0.6) is 0 Å². The highest BCUT2D eigenvalue weighted by Crippen LogP contribution is 2.38. The number of benzene rings is 2. The maximum Gasteiger partial charge on any atom is 0.221 e. The number of nitrogens with zero attached hydrogens (tertiary/aromatic N) is 3. The summed E-state index contributed by atoms with van der Waals surface area (Å²) >= 11 is 0. The van der Waals surface area contributed by atoms with E-state index < -0.39 is 21.1 Å². The number of piperazine rings is 1. The molecule has 0 saturated carbocycles. The molecule has 4 rings (SSSR count). The third kappa shape index (κ3) is 4.52. The molecule has 172 valence electrons. The van der Waals surface area contributed by atoms with E-state index in [1.165, 1.54) is 10.4 Å². The van der Waals surface area contributed by atoms with E-state index in [-0.39, 0.29) is 18.5 Å². The topological polar surface area (TPSA) is 60.9 Å². The van der Waals surface area contributed by atoms with Gasteiger partial charge >= 0.3 is 0 Å². The van der Waals surface area contributed by atoms with Crippen molar-refractivity contribution < 1.29 is 17.6 Å². The van der Waals surface area contributed by atoms with Gasteiger partial charge in [0.1, 0.15) is 11.1 Å². The lowest BCUT2D eigenvalue weighted by Gasteiger charge is -2.38. The zero-order chi connectivity index (χ0) is 22.9. The Morgan fingerprint density at radius 2 is 1.72 bits per heavy atom. The molecule has 0 spiro atoms. The van der Waals surface area contributed by atoms with Crippen molar-refractivity contribution >= 4 is 21.6 Å². The lowest BCUT2D eigenvalue weighted by molar-refractivity contribution is -0.129. The van der Waals surface area contributed by atoms with Gasteiger partial charge in [0.05, 0.1) is 0 Å². The van der Waals surface area contributed by atoms with E-state index >= 15 is 4.39 Å². The molecule has 2 aromatic carbocycles. The molecule has 32 heavy (non-hydrogen) atoms. The zero-order valence-electron chi connectivity index (χ0n) is 18.6. The average molecular weight is 460 g/mol. The van der Waals surface area contributed by atoms with Crippen LogP contribution in [-0.4, -0.2) is 55.8 Å². The predicted octanol–water partition coefficient (Wildman–Crippen LogP) is 3.55. The Morgan fingerprint density at radius 1 is 1.03 bits per heavy atom.